The van der Waals surface area contributed by atoms with E-state index < -0.39 is 0 Å². The molecule has 1 aromatic carbocycles. The third-order valence-electron chi connectivity index (χ3n) is 3.18. The van der Waals surface area contributed by atoms with Crippen LogP contribution in [0.2, 0.25) is 0 Å². The molecule has 0 aliphatic carbocycles. The van der Waals surface area contributed by atoms with Crippen LogP contribution in [0.1, 0.15) is 30.6 Å². The monoisotopic (exact) mass is 259 g/mol. The second-order valence-electron chi connectivity index (χ2n) is 4.61. The molecule has 5 heteroatoms. The quantitative estimate of drug-likeness (QED) is 0.891. The Hall–Kier alpha value is -1.88. The maximum Gasteiger partial charge on any atom is 0.243 e. The normalized spacial score (nSPS) is 18.6. The zero-order chi connectivity index (χ0) is 12.9. The van der Waals surface area contributed by atoms with Gasteiger partial charge < -0.3 is 14.6 Å². The predicted octanol–water partition coefficient (Wildman–Crippen LogP) is 2.12. The summed E-state index contributed by atoms with van der Waals surface area (Å²) in [6.07, 6.45) is 2.90. The molecule has 1 fully saturated rings. The van der Waals surface area contributed by atoms with Gasteiger partial charge in [0.05, 0.1) is 12.6 Å². The van der Waals surface area contributed by atoms with Crippen molar-refractivity contribution in [1.82, 2.24) is 15.5 Å². The number of nitrogens with one attached hydrogen (secondary N) is 1. The van der Waals surface area contributed by atoms with E-state index in [0.29, 0.717) is 24.7 Å². The van der Waals surface area contributed by atoms with Crippen molar-refractivity contribution in [3.63, 3.8) is 0 Å². The van der Waals surface area contributed by atoms with Gasteiger partial charge in [-0.2, -0.15) is 4.98 Å². The summed E-state index contributed by atoms with van der Waals surface area (Å²) in [4.78, 5) is 4.40. The zero-order valence-electron chi connectivity index (χ0n) is 10.7. The molecule has 19 heavy (non-hydrogen) atoms. The average Bonchev–Trinajstić information content (AvgIpc) is 3.10. The number of benzene rings is 1. The second-order valence-corrected chi connectivity index (χ2v) is 4.61. The minimum absolute atomic E-state index is 0.233. The molecule has 1 aliphatic heterocycles. The highest BCUT2D eigenvalue weighted by Gasteiger charge is 2.22. The molecule has 1 atom stereocenters. The number of hydrogen-bond acceptors (Lipinski definition) is 5. The van der Waals surface area contributed by atoms with Crippen molar-refractivity contribution in [1.29, 1.82) is 0 Å². The van der Waals surface area contributed by atoms with Crippen LogP contribution in [0.3, 0.4) is 0 Å². The Kier molecular flexibility index (Phi) is 3.74. The molecule has 1 saturated heterocycles. The van der Waals surface area contributed by atoms with E-state index in [4.69, 9.17) is 9.26 Å². The Balaban J connectivity index is 1.50. The van der Waals surface area contributed by atoms with Crippen molar-refractivity contribution in [2.45, 2.75) is 25.3 Å². The van der Waals surface area contributed by atoms with Gasteiger partial charge in [0.25, 0.3) is 0 Å². The molecule has 0 radical (unpaired) electrons. The Bertz CT molecular complexity index is 506. The Labute approximate surface area is 112 Å². The van der Waals surface area contributed by atoms with Gasteiger partial charge in [0.2, 0.25) is 5.89 Å². The molecular weight excluding hydrogens is 242 g/mol. The average molecular weight is 259 g/mol. The van der Waals surface area contributed by atoms with Gasteiger partial charge in [-0.05, 0) is 31.5 Å². The largest absolute Gasteiger partial charge is 0.493 e. The van der Waals surface area contributed by atoms with Crippen LogP contribution in [0.25, 0.3) is 0 Å². The maximum atomic E-state index is 5.61. The fourth-order valence-electron chi connectivity index (χ4n) is 2.18. The summed E-state index contributed by atoms with van der Waals surface area (Å²) in [5.41, 5.74) is 0. The highest BCUT2D eigenvalue weighted by atomic mass is 16.5. The molecule has 5 nitrogen and oxygen atoms in total. The van der Waals surface area contributed by atoms with Crippen LogP contribution in [0.4, 0.5) is 0 Å². The number of para-hydroxylation sites is 1. The number of ether oxygens (including phenoxy) is 1. The van der Waals surface area contributed by atoms with Crippen molar-refractivity contribution in [3.8, 4) is 5.75 Å². The van der Waals surface area contributed by atoms with E-state index in [1.807, 2.05) is 30.3 Å². The molecule has 2 aromatic rings. The third kappa shape index (κ3) is 3.12. The molecule has 1 aliphatic rings. The molecular formula is C14H17N3O2. The predicted molar refractivity (Wildman–Crippen MR) is 69.9 cm³/mol. The first-order valence-electron chi connectivity index (χ1n) is 6.65. The fraction of sp³-hybridized carbons (Fsp3) is 0.429. The van der Waals surface area contributed by atoms with Gasteiger partial charge >= 0.3 is 0 Å². The van der Waals surface area contributed by atoms with E-state index in [1.165, 1.54) is 6.42 Å². The summed E-state index contributed by atoms with van der Waals surface area (Å²) in [5, 5.41) is 7.33. The van der Waals surface area contributed by atoms with Crippen LogP contribution < -0.4 is 10.1 Å². The van der Waals surface area contributed by atoms with Crippen molar-refractivity contribution in [2.24, 2.45) is 0 Å². The van der Waals surface area contributed by atoms with Gasteiger partial charge in [-0.15, -0.1) is 0 Å². The summed E-state index contributed by atoms with van der Waals surface area (Å²) in [5.74, 6) is 2.27. The van der Waals surface area contributed by atoms with Gasteiger partial charge in [-0.1, -0.05) is 23.4 Å². The number of aromatic nitrogens is 2. The summed E-state index contributed by atoms with van der Waals surface area (Å²) in [7, 11) is 0. The molecule has 0 saturated carbocycles. The standard InChI is InChI=1S/C14H17N3O2/c1-2-5-11(6-3-1)18-10-8-13-16-14(19-17-13)12-7-4-9-15-12/h1-3,5-6,12,15H,4,7-10H2/t12-/m0/s1. The highest BCUT2D eigenvalue weighted by molar-refractivity contribution is 5.20. The molecule has 1 aromatic heterocycles. The maximum absolute atomic E-state index is 5.61. The van der Waals surface area contributed by atoms with E-state index in [-0.39, 0.29) is 6.04 Å². The van der Waals surface area contributed by atoms with Crippen LogP contribution in [-0.2, 0) is 6.42 Å². The van der Waals surface area contributed by atoms with Gasteiger partial charge in [0.15, 0.2) is 5.82 Å². The summed E-state index contributed by atoms with van der Waals surface area (Å²) in [6, 6.07) is 9.97. The lowest BCUT2D eigenvalue weighted by Gasteiger charge is -2.03. The van der Waals surface area contributed by atoms with Crippen LogP contribution in [-0.4, -0.2) is 23.3 Å². The van der Waals surface area contributed by atoms with Crippen molar-refractivity contribution in [3.05, 3.63) is 42.0 Å². The fourth-order valence-corrected chi connectivity index (χ4v) is 2.18. The Morgan fingerprint density at radius 2 is 2.21 bits per heavy atom. The first-order chi connectivity index (χ1) is 9.42. The van der Waals surface area contributed by atoms with Crippen LogP contribution in [0, 0.1) is 0 Å². The van der Waals surface area contributed by atoms with Crippen molar-refractivity contribution in [2.75, 3.05) is 13.2 Å². The first-order valence-corrected chi connectivity index (χ1v) is 6.65. The number of nitrogens with zero attached hydrogens (tertiary/aromatic N) is 2. The molecule has 0 spiro atoms. The van der Waals surface area contributed by atoms with Crippen LogP contribution in [0.5, 0.6) is 5.75 Å². The van der Waals surface area contributed by atoms with E-state index in [2.05, 4.69) is 15.5 Å². The van der Waals surface area contributed by atoms with Crippen LogP contribution in [0.15, 0.2) is 34.9 Å². The smallest absolute Gasteiger partial charge is 0.243 e. The SMILES string of the molecule is c1ccc(OCCc2noc([C@@H]3CCCN3)n2)cc1. The lowest BCUT2D eigenvalue weighted by atomic mass is 10.2. The van der Waals surface area contributed by atoms with Gasteiger partial charge in [-0.3, -0.25) is 0 Å². The minimum Gasteiger partial charge on any atom is -0.493 e. The summed E-state index contributed by atoms with van der Waals surface area (Å²) in [6.45, 7) is 1.58. The minimum atomic E-state index is 0.233. The molecule has 1 N–H and O–H groups in total. The van der Waals surface area contributed by atoms with E-state index in [9.17, 15) is 0 Å². The molecule has 0 bridgehead atoms. The molecule has 100 valence electrons. The first kappa shape index (κ1) is 12.2. The summed E-state index contributed by atoms with van der Waals surface area (Å²) >= 11 is 0. The van der Waals surface area contributed by atoms with E-state index >= 15 is 0 Å². The topological polar surface area (TPSA) is 60.2 Å². The third-order valence-corrected chi connectivity index (χ3v) is 3.18. The van der Waals surface area contributed by atoms with Gasteiger partial charge in [-0.25, -0.2) is 0 Å². The Morgan fingerprint density at radius 3 is 3.00 bits per heavy atom. The van der Waals surface area contributed by atoms with E-state index in [0.717, 1.165) is 18.7 Å². The number of hydrogen-bond donors (Lipinski definition) is 1. The molecule has 3 rings (SSSR count). The van der Waals surface area contributed by atoms with Gasteiger partial charge in [0.1, 0.15) is 5.75 Å². The molecule has 2 heterocycles. The second kappa shape index (κ2) is 5.84. The number of rotatable bonds is 5. The van der Waals surface area contributed by atoms with Gasteiger partial charge in [0, 0.05) is 6.42 Å². The molecule has 0 amide bonds. The van der Waals surface area contributed by atoms with Crippen molar-refractivity contribution >= 4 is 0 Å². The lowest BCUT2D eigenvalue weighted by Crippen LogP contribution is -2.13. The summed E-state index contributed by atoms with van der Waals surface area (Å²) < 4.78 is 10.9. The zero-order valence-corrected chi connectivity index (χ0v) is 10.7. The lowest BCUT2D eigenvalue weighted by molar-refractivity contribution is 0.311. The van der Waals surface area contributed by atoms with E-state index in [1.54, 1.807) is 0 Å². The highest BCUT2D eigenvalue weighted by Crippen LogP contribution is 2.21. The molecule has 0 unspecified atom stereocenters. The van der Waals surface area contributed by atoms with Crippen molar-refractivity contribution < 1.29 is 9.26 Å². The van der Waals surface area contributed by atoms with Crippen LogP contribution >= 0.6 is 0 Å². The Morgan fingerprint density at radius 1 is 1.32 bits per heavy atom.